The summed E-state index contributed by atoms with van der Waals surface area (Å²) in [6.45, 7) is -0.506. The van der Waals surface area contributed by atoms with Gasteiger partial charge in [0.1, 0.15) is 11.8 Å². The van der Waals surface area contributed by atoms with Crippen LogP contribution in [0.5, 0.6) is 0 Å². The van der Waals surface area contributed by atoms with Crippen LogP contribution in [0.15, 0.2) is 82.9 Å². The van der Waals surface area contributed by atoms with Gasteiger partial charge < -0.3 is 5.32 Å². The Morgan fingerprint density at radius 1 is 1.02 bits per heavy atom. The summed E-state index contributed by atoms with van der Waals surface area (Å²) in [6.07, 6.45) is -1.46. The molecular weight excluding hydrogens is 613 g/mol. The Labute approximate surface area is 249 Å². The highest BCUT2D eigenvalue weighted by atomic mass is 35.5. The minimum Gasteiger partial charge on any atom is -0.325 e. The zero-order valence-corrected chi connectivity index (χ0v) is 23.6. The standard InChI is InChI=1S/C28H18ClF3N4O4S2/c29-16-6-8-18(9-7-16)36-24(38)21-20(14-3-2-10-33-12-14)23-26(41-22(21)25(36)39)35(27(40)42-23)13-19(37)34-17-5-1-4-15(11-17)28(30,31)32/h1-12,20-22H,13H2,(H,34,37)/t20-,21+,22-/m0/s1. The SMILES string of the molecule is O=C(Cn1c2c(sc1=O)[C@@H](c1cccnc1)[C@H]1C(=O)N(c3ccc(Cl)cc3)C(=O)[C@H]1S2)Nc1cccc(C(F)(F)F)c1. The van der Waals surface area contributed by atoms with E-state index in [4.69, 9.17) is 11.6 Å². The molecule has 42 heavy (non-hydrogen) atoms. The van der Waals surface area contributed by atoms with Crippen LogP contribution in [-0.2, 0) is 27.1 Å². The molecule has 1 fully saturated rings. The largest absolute Gasteiger partial charge is 0.416 e. The number of anilines is 2. The maximum Gasteiger partial charge on any atom is 0.416 e. The molecule has 0 radical (unpaired) electrons. The van der Waals surface area contributed by atoms with Gasteiger partial charge in [0.25, 0.3) is 0 Å². The molecule has 2 aliphatic heterocycles. The lowest BCUT2D eigenvalue weighted by atomic mass is 9.84. The van der Waals surface area contributed by atoms with Crippen LogP contribution in [0.25, 0.3) is 0 Å². The normalized spacial score (nSPS) is 19.9. The number of nitrogens with zero attached hydrogens (tertiary/aromatic N) is 3. The van der Waals surface area contributed by atoms with Gasteiger partial charge in [-0.1, -0.05) is 46.8 Å². The molecule has 0 spiro atoms. The van der Waals surface area contributed by atoms with E-state index in [-0.39, 0.29) is 5.69 Å². The molecule has 14 heteroatoms. The molecule has 8 nitrogen and oxygen atoms in total. The number of imide groups is 1. The summed E-state index contributed by atoms with van der Waals surface area (Å²) in [7, 11) is 0. The smallest absolute Gasteiger partial charge is 0.325 e. The highest BCUT2D eigenvalue weighted by molar-refractivity contribution is 8.00. The topological polar surface area (TPSA) is 101 Å². The molecule has 4 aromatic rings. The molecule has 3 atom stereocenters. The van der Waals surface area contributed by atoms with Gasteiger partial charge in [-0.05, 0) is 54.1 Å². The third-order valence-electron chi connectivity index (χ3n) is 6.95. The molecule has 0 bridgehead atoms. The Balaban J connectivity index is 1.36. The van der Waals surface area contributed by atoms with Crippen molar-refractivity contribution in [3.63, 3.8) is 0 Å². The number of nitrogens with one attached hydrogen (secondary N) is 1. The van der Waals surface area contributed by atoms with Gasteiger partial charge in [0.05, 0.1) is 22.2 Å². The van der Waals surface area contributed by atoms with Crippen LogP contribution in [0.1, 0.15) is 21.9 Å². The van der Waals surface area contributed by atoms with E-state index in [1.165, 1.54) is 16.7 Å². The first-order valence-electron chi connectivity index (χ1n) is 12.4. The average Bonchev–Trinajstić information content (AvgIpc) is 3.40. The number of amides is 3. The Morgan fingerprint density at radius 2 is 1.79 bits per heavy atom. The predicted molar refractivity (Wildman–Crippen MR) is 152 cm³/mol. The monoisotopic (exact) mass is 630 g/mol. The van der Waals surface area contributed by atoms with Crippen molar-refractivity contribution in [1.29, 1.82) is 0 Å². The summed E-state index contributed by atoms with van der Waals surface area (Å²) < 4.78 is 40.6. The lowest BCUT2D eigenvalue weighted by molar-refractivity contribution is -0.137. The van der Waals surface area contributed by atoms with E-state index in [0.29, 0.717) is 26.2 Å². The first-order valence-corrected chi connectivity index (χ1v) is 14.5. The van der Waals surface area contributed by atoms with Gasteiger partial charge in [-0.2, -0.15) is 13.2 Å². The molecular formula is C28H18ClF3N4O4S2. The third kappa shape index (κ3) is 5.01. The van der Waals surface area contributed by atoms with Crippen LogP contribution >= 0.6 is 34.7 Å². The quantitative estimate of drug-likeness (QED) is 0.296. The summed E-state index contributed by atoms with van der Waals surface area (Å²) in [5.74, 6) is -3.18. The number of rotatable bonds is 5. The second-order valence-corrected chi connectivity index (χ2v) is 12.1. The maximum absolute atomic E-state index is 13.8. The molecule has 0 saturated carbocycles. The molecule has 1 N–H and O–H groups in total. The molecule has 214 valence electrons. The molecule has 2 aromatic carbocycles. The first-order chi connectivity index (χ1) is 20.0. The number of hydrogen-bond donors (Lipinski definition) is 1. The van der Waals surface area contributed by atoms with Crippen molar-refractivity contribution in [3.05, 3.63) is 104 Å². The van der Waals surface area contributed by atoms with Crippen LogP contribution < -0.4 is 15.1 Å². The van der Waals surface area contributed by atoms with E-state index < -0.39 is 58.0 Å². The molecule has 6 rings (SSSR count). The van der Waals surface area contributed by atoms with Crippen LogP contribution in [0, 0.1) is 5.92 Å². The lowest BCUT2D eigenvalue weighted by Gasteiger charge is -2.30. The number of alkyl halides is 3. The van der Waals surface area contributed by atoms with Crippen molar-refractivity contribution in [2.45, 2.75) is 28.9 Å². The first kappa shape index (κ1) is 28.2. The molecule has 4 heterocycles. The van der Waals surface area contributed by atoms with Crippen molar-refractivity contribution < 1.29 is 27.6 Å². The van der Waals surface area contributed by atoms with Gasteiger partial charge in [0.15, 0.2) is 0 Å². The minimum absolute atomic E-state index is 0.0805. The summed E-state index contributed by atoms with van der Waals surface area (Å²) in [5.41, 5.74) is -0.0328. The van der Waals surface area contributed by atoms with Crippen molar-refractivity contribution in [2.75, 3.05) is 10.2 Å². The van der Waals surface area contributed by atoms with Gasteiger partial charge in [-0.15, -0.1) is 0 Å². The van der Waals surface area contributed by atoms with Crippen molar-refractivity contribution in [3.8, 4) is 0 Å². The summed E-state index contributed by atoms with van der Waals surface area (Å²) in [4.78, 5) is 58.9. The van der Waals surface area contributed by atoms with Gasteiger partial charge >= 0.3 is 11.0 Å². The molecule has 0 unspecified atom stereocenters. The molecule has 3 amide bonds. The van der Waals surface area contributed by atoms with E-state index in [1.54, 1.807) is 48.8 Å². The number of halogens is 4. The summed E-state index contributed by atoms with van der Waals surface area (Å²) in [5, 5.41) is 2.29. The van der Waals surface area contributed by atoms with E-state index in [9.17, 15) is 32.3 Å². The zero-order chi connectivity index (χ0) is 29.8. The van der Waals surface area contributed by atoms with Crippen LogP contribution in [-0.4, -0.2) is 32.5 Å². The van der Waals surface area contributed by atoms with Gasteiger partial charge in [-0.25, -0.2) is 4.90 Å². The number of aromatic nitrogens is 2. The highest BCUT2D eigenvalue weighted by Crippen LogP contribution is 2.53. The van der Waals surface area contributed by atoms with Gasteiger partial charge in [-0.3, -0.25) is 28.7 Å². The Kier molecular flexibility index (Phi) is 7.19. The zero-order valence-electron chi connectivity index (χ0n) is 21.2. The maximum atomic E-state index is 13.8. The second-order valence-electron chi connectivity index (χ2n) is 9.57. The van der Waals surface area contributed by atoms with E-state index >= 15 is 0 Å². The van der Waals surface area contributed by atoms with Crippen LogP contribution in [0.2, 0.25) is 5.02 Å². The number of carbonyl (C=O) groups excluding carboxylic acids is 3. The fourth-order valence-electron chi connectivity index (χ4n) is 5.14. The Bertz CT molecular complexity index is 1780. The summed E-state index contributed by atoms with van der Waals surface area (Å²) >= 11 is 7.88. The number of thiazole rings is 1. The van der Waals surface area contributed by atoms with E-state index in [0.717, 1.165) is 40.1 Å². The summed E-state index contributed by atoms with van der Waals surface area (Å²) in [6, 6.07) is 13.9. The molecule has 0 aliphatic carbocycles. The average molecular weight is 631 g/mol. The molecule has 2 aromatic heterocycles. The molecule has 2 aliphatic rings. The van der Waals surface area contributed by atoms with Crippen molar-refractivity contribution in [2.24, 2.45) is 5.92 Å². The Morgan fingerprint density at radius 3 is 2.48 bits per heavy atom. The van der Waals surface area contributed by atoms with E-state index in [2.05, 4.69) is 10.3 Å². The lowest BCUT2D eigenvalue weighted by Crippen LogP contribution is -2.33. The molecule has 1 saturated heterocycles. The number of fused-ring (bicyclic) bond motifs is 2. The predicted octanol–water partition coefficient (Wildman–Crippen LogP) is 5.41. The number of benzene rings is 2. The fourth-order valence-corrected chi connectivity index (χ4v) is 8.04. The fraction of sp³-hybridized carbons (Fsp3) is 0.179. The second kappa shape index (κ2) is 10.7. The number of hydrogen-bond acceptors (Lipinski definition) is 7. The number of thioether (sulfide) groups is 1. The number of carbonyl (C=O) groups is 3. The number of pyridine rings is 1. The minimum atomic E-state index is -4.59. The van der Waals surface area contributed by atoms with Crippen LogP contribution in [0.4, 0.5) is 24.5 Å². The van der Waals surface area contributed by atoms with Crippen molar-refractivity contribution >= 4 is 63.8 Å². The Hall–Kier alpha value is -3.94. The van der Waals surface area contributed by atoms with Crippen LogP contribution in [0.3, 0.4) is 0 Å². The van der Waals surface area contributed by atoms with E-state index in [1.807, 2.05) is 0 Å². The third-order valence-corrected chi connectivity index (χ3v) is 9.81. The van der Waals surface area contributed by atoms with Gasteiger partial charge in [0, 0.05) is 33.9 Å². The highest BCUT2D eigenvalue weighted by Gasteiger charge is 2.56. The van der Waals surface area contributed by atoms with Crippen molar-refractivity contribution in [1.82, 2.24) is 9.55 Å². The van der Waals surface area contributed by atoms with Gasteiger partial charge in [0.2, 0.25) is 17.7 Å².